The monoisotopic (exact) mass is 468 g/mol. The van der Waals surface area contributed by atoms with Gasteiger partial charge in [0.05, 0.1) is 16.5 Å². The van der Waals surface area contributed by atoms with Crippen molar-refractivity contribution in [2.24, 2.45) is 5.92 Å². The highest BCUT2D eigenvalue weighted by molar-refractivity contribution is 6.42. The van der Waals surface area contributed by atoms with E-state index < -0.39 is 6.04 Å². The molecule has 2 rings (SSSR count). The molecule has 0 radical (unpaired) electrons. The Morgan fingerprint density at radius 3 is 2.33 bits per heavy atom. The summed E-state index contributed by atoms with van der Waals surface area (Å²) in [5.74, 6) is -0.00210. The number of nitrogens with one attached hydrogen (secondary N) is 1. The Labute approximate surface area is 193 Å². The van der Waals surface area contributed by atoms with Crippen LogP contribution in [0.3, 0.4) is 0 Å². The standard InChI is InChI=1S/C23H27Cl3N2O2/c1-4-21(23(30)27-13-15(2)3)28(14-17-8-9-19(25)20(26)11-17)22(29)12-16-6-5-7-18(24)10-16/h5-11,15,21H,4,12-14H2,1-3H3,(H,27,30)/t21-/m1/s1. The quantitative estimate of drug-likeness (QED) is 0.507. The van der Waals surface area contributed by atoms with Crippen LogP contribution in [0.5, 0.6) is 0 Å². The third-order valence-electron chi connectivity index (χ3n) is 4.65. The number of rotatable bonds is 9. The Kier molecular flexibility index (Phi) is 9.47. The van der Waals surface area contributed by atoms with Gasteiger partial charge >= 0.3 is 0 Å². The van der Waals surface area contributed by atoms with Gasteiger partial charge in [0.15, 0.2) is 0 Å². The Morgan fingerprint density at radius 2 is 1.73 bits per heavy atom. The zero-order chi connectivity index (χ0) is 22.3. The molecular formula is C23H27Cl3N2O2. The second kappa shape index (κ2) is 11.6. The van der Waals surface area contributed by atoms with Gasteiger partial charge in [-0.05, 0) is 47.7 Å². The highest BCUT2D eigenvalue weighted by Gasteiger charge is 2.28. The fourth-order valence-corrected chi connectivity index (χ4v) is 3.63. The topological polar surface area (TPSA) is 49.4 Å². The minimum absolute atomic E-state index is 0.149. The van der Waals surface area contributed by atoms with E-state index >= 15 is 0 Å². The lowest BCUT2D eigenvalue weighted by atomic mass is 10.1. The number of nitrogens with zero attached hydrogens (tertiary/aromatic N) is 1. The molecule has 2 aromatic carbocycles. The minimum Gasteiger partial charge on any atom is -0.354 e. The molecule has 7 heteroatoms. The van der Waals surface area contributed by atoms with Gasteiger partial charge < -0.3 is 10.2 Å². The van der Waals surface area contributed by atoms with E-state index in [1.807, 2.05) is 32.9 Å². The normalized spacial score (nSPS) is 12.0. The summed E-state index contributed by atoms with van der Waals surface area (Å²) in [5.41, 5.74) is 1.60. The van der Waals surface area contributed by atoms with Crippen LogP contribution in [0, 0.1) is 5.92 Å². The van der Waals surface area contributed by atoms with Crippen molar-refractivity contribution in [1.29, 1.82) is 0 Å². The van der Waals surface area contributed by atoms with Gasteiger partial charge in [0.25, 0.3) is 0 Å². The summed E-state index contributed by atoms with van der Waals surface area (Å²) in [7, 11) is 0. The first kappa shape index (κ1) is 24.5. The van der Waals surface area contributed by atoms with E-state index in [4.69, 9.17) is 34.8 Å². The van der Waals surface area contributed by atoms with E-state index in [2.05, 4.69) is 5.32 Å². The molecule has 1 N–H and O–H groups in total. The lowest BCUT2D eigenvalue weighted by Gasteiger charge is -2.31. The van der Waals surface area contributed by atoms with Crippen molar-refractivity contribution >= 4 is 46.6 Å². The van der Waals surface area contributed by atoms with Crippen LogP contribution < -0.4 is 5.32 Å². The number of hydrogen-bond donors (Lipinski definition) is 1. The Balaban J connectivity index is 2.30. The maximum atomic E-state index is 13.3. The molecule has 0 spiro atoms. The van der Waals surface area contributed by atoms with Crippen LogP contribution in [-0.2, 0) is 22.6 Å². The number of benzene rings is 2. The fourth-order valence-electron chi connectivity index (χ4n) is 3.10. The fraction of sp³-hybridized carbons (Fsp3) is 0.391. The molecule has 0 fully saturated rings. The summed E-state index contributed by atoms with van der Waals surface area (Å²) in [6.07, 6.45) is 0.641. The maximum Gasteiger partial charge on any atom is 0.242 e. The van der Waals surface area contributed by atoms with Crippen LogP contribution in [-0.4, -0.2) is 29.3 Å². The molecule has 0 saturated carbocycles. The first-order valence-corrected chi connectivity index (χ1v) is 11.1. The molecule has 0 heterocycles. The summed E-state index contributed by atoms with van der Waals surface area (Å²) in [6.45, 7) is 6.76. The molecule has 162 valence electrons. The number of hydrogen-bond acceptors (Lipinski definition) is 2. The van der Waals surface area contributed by atoms with Crippen LogP contribution >= 0.6 is 34.8 Å². The maximum absolute atomic E-state index is 13.3. The number of amides is 2. The molecule has 0 saturated heterocycles. The zero-order valence-corrected chi connectivity index (χ0v) is 19.7. The Bertz CT molecular complexity index is 887. The average Bonchev–Trinajstić information content (AvgIpc) is 2.68. The molecule has 0 bridgehead atoms. The van der Waals surface area contributed by atoms with Crippen molar-refractivity contribution in [2.75, 3.05) is 6.54 Å². The van der Waals surface area contributed by atoms with Gasteiger partial charge in [-0.3, -0.25) is 9.59 Å². The second-order valence-electron chi connectivity index (χ2n) is 7.64. The summed E-state index contributed by atoms with van der Waals surface area (Å²) in [6, 6.07) is 11.8. The summed E-state index contributed by atoms with van der Waals surface area (Å²) >= 11 is 18.2. The number of carbonyl (C=O) groups excluding carboxylic acids is 2. The van der Waals surface area contributed by atoms with Crippen LogP contribution in [0.2, 0.25) is 15.1 Å². The van der Waals surface area contributed by atoms with Crippen molar-refractivity contribution in [1.82, 2.24) is 10.2 Å². The Hall–Kier alpha value is -1.75. The van der Waals surface area contributed by atoms with E-state index in [1.54, 1.807) is 35.2 Å². The summed E-state index contributed by atoms with van der Waals surface area (Å²) < 4.78 is 0. The van der Waals surface area contributed by atoms with Gasteiger partial charge in [-0.25, -0.2) is 0 Å². The van der Waals surface area contributed by atoms with Gasteiger partial charge in [-0.2, -0.15) is 0 Å². The lowest BCUT2D eigenvalue weighted by Crippen LogP contribution is -2.50. The van der Waals surface area contributed by atoms with E-state index in [0.717, 1.165) is 11.1 Å². The van der Waals surface area contributed by atoms with Gasteiger partial charge in [-0.15, -0.1) is 0 Å². The molecule has 2 amide bonds. The van der Waals surface area contributed by atoms with Crippen molar-refractivity contribution in [3.63, 3.8) is 0 Å². The molecule has 0 aliphatic rings. The molecule has 1 atom stereocenters. The third-order valence-corrected chi connectivity index (χ3v) is 5.63. The number of carbonyl (C=O) groups is 2. The molecule has 4 nitrogen and oxygen atoms in total. The molecule has 30 heavy (non-hydrogen) atoms. The van der Waals surface area contributed by atoms with Gasteiger partial charge in [0, 0.05) is 18.1 Å². The first-order valence-electron chi connectivity index (χ1n) is 9.96. The van der Waals surface area contributed by atoms with E-state index in [-0.39, 0.29) is 24.8 Å². The van der Waals surface area contributed by atoms with Crippen molar-refractivity contribution < 1.29 is 9.59 Å². The zero-order valence-electron chi connectivity index (χ0n) is 17.4. The SMILES string of the molecule is CC[C@H](C(=O)NCC(C)C)N(Cc1ccc(Cl)c(Cl)c1)C(=O)Cc1cccc(Cl)c1. The van der Waals surface area contributed by atoms with Gasteiger partial charge in [0.1, 0.15) is 6.04 Å². The first-order chi connectivity index (χ1) is 14.2. The highest BCUT2D eigenvalue weighted by Crippen LogP contribution is 2.24. The predicted molar refractivity (Wildman–Crippen MR) is 124 cm³/mol. The largest absolute Gasteiger partial charge is 0.354 e. The van der Waals surface area contributed by atoms with Crippen molar-refractivity contribution in [3.05, 3.63) is 68.7 Å². The van der Waals surface area contributed by atoms with Crippen LogP contribution in [0.4, 0.5) is 0 Å². The van der Waals surface area contributed by atoms with Crippen molar-refractivity contribution in [3.8, 4) is 0 Å². The predicted octanol–water partition coefficient (Wildman–Crippen LogP) is 5.77. The third kappa shape index (κ3) is 7.19. The number of halogens is 3. The minimum atomic E-state index is -0.593. The molecule has 0 unspecified atom stereocenters. The van der Waals surface area contributed by atoms with Crippen LogP contribution in [0.1, 0.15) is 38.3 Å². The molecule has 0 aliphatic heterocycles. The van der Waals surface area contributed by atoms with E-state index in [1.165, 1.54) is 0 Å². The molecule has 2 aromatic rings. The molecule has 0 aliphatic carbocycles. The lowest BCUT2D eigenvalue weighted by molar-refractivity contribution is -0.141. The van der Waals surface area contributed by atoms with Gasteiger partial charge in [0.2, 0.25) is 11.8 Å². The van der Waals surface area contributed by atoms with Crippen molar-refractivity contribution in [2.45, 2.75) is 46.2 Å². The van der Waals surface area contributed by atoms with Crippen LogP contribution in [0.15, 0.2) is 42.5 Å². The average molecular weight is 470 g/mol. The van der Waals surface area contributed by atoms with E-state index in [0.29, 0.717) is 34.0 Å². The molecular weight excluding hydrogens is 443 g/mol. The Morgan fingerprint density at radius 1 is 1.00 bits per heavy atom. The molecule has 0 aromatic heterocycles. The summed E-state index contributed by atoms with van der Waals surface area (Å²) in [5, 5.41) is 4.37. The van der Waals surface area contributed by atoms with Gasteiger partial charge in [-0.1, -0.05) is 73.8 Å². The highest BCUT2D eigenvalue weighted by atomic mass is 35.5. The van der Waals surface area contributed by atoms with E-state index in [9.17, 15) is 9.59 Å². The smallest absolute Gasteiger partial charge is 0.242 e. The second-order valence-corrected chi connectivity index (χ2v) is 8.89. The van der Waals surface area contributed by atoms with Crippen LogP contribution in [0.25, 0.3) is 0 Å². The summed E-state index contributed by atoms with van der Waals surface area (Å²) in [4.78, 5) is 27.7.